The van der Waals surface area contributed by atoms with Gasteiger partial charge in [-0.2, -0.15) is 0 Å². The van der Waals surface area contributed by atoms with Crippen LogP contribution in [0.3, 0.4) is 0 Å². The summed E-state index contributed by atoms with van der Waals surface area (Å²) in [7, 11) is 0. The number of fused-ring (bicyclic) bond motifs is 2. The molecule has 0 amide bonds. The zero-order chi connectivity index (χ0) is 19.5. The van der Waals surface area contributed by atoms with E-state index in [1.165, 1.54) is 28.1 Å². The number of rotatable bonds is 4. The average Bonchev–Trinajstić information content (AvgIpc) is 2.92. The van der Waals surface area contributed by atoms with Gasteiger partial charge in [-0.1, -0.05) is 66.7 Å². The molecule has 0 N–H and O–H groups in total. The molecular formula is C26H28N2O. The summed E-state index contributed by atoms with van der Waals surface area (Å²) in [6.07, 6.45) is 2.39. The van der Waals surface area contributed by atoms with E-state index in [0.29, 0.717) is 0 Å². The van der Waals surface area contributed by atoms with Crippen molar-refractivity contribution < 1.29 is 4.74 Å². The van der Waals surface area contributed by atoms with Crippen LogP contribution in [-0.4, -0.2) is 37.2 Å². The normalized spacial score (nSPS) is 19.3. The van der Waals surface area contributed by atoms with Gasteiger partial charge < -0.3 is 9.64 Å². The third-order valence-corrected chi connectivity index (χ3v) is 6.09. The third kappa shape index (κ3) is 4.07. The maximum Gasteiger partial charge on any atom is 0.0881 e. The van der Waals surface area contributed by atoms with Crippen molar-refractivity contribution >= 4 is 11.4 Å². The predicted octanol–water partition coefficient (Wildman–Crippen LogP) is 4.82. The molecule has 148 valence electrons. The molecule has 1 fully saturated rings. The molecular weight excluding hydrogens is 356 g/mol. The van der Waals surface area contributed by atoms with Crippen LogP contribution >= 0.6 is 0 Å². The Morgan fingerprint density at radius 3 is 2.07 bits per heavy atom. The molecule has 0 bridgehead atoms. The summed E-state index contributed by atoms with van der Waals surface area (Å²) in [5.41, 5.74) is 6.90. The zero-order valence-corrected chi connectivity index (χ0v) is 16.8. The largest absolute Gasteiger partial charge is 0.374 e. The lowest BCUT2D eigenvalue weighted by Gasteiger charge is -2.37. The van der Waals surface area contributed by atoms with E-state index < -0.39 is 0 Å². The van der Waals surface area contributed by atoms with Crippen molar-refractivity contribution in [2.45, 2.75) is 25.5 Å². The van der Waals surface area contributed by atoms with Crippen LogP contribution in [0.2, 0.25) is 0 Å². The van der Waals surface area contributed by atoms with E-state index in [1.807, 2.05) is 0 Å². The molecule has 3 heteroatoms. The van der Waals surface area contributed by atoms with Crippen LogP contribution in [0, 0.1) is 0 Å². The molecule has 29 heavy (non-hydrogen) atoms. The molecule has 5 rings (SSSR count). The van der Waals surface area contributed by atoms with E-state index in [0.717, 1.165) is 45.6 Å². The first-order valence-corrected chi connectivity index (χ1v) is 10.7. The standard InChI is InChI=1S/C26H28N2O/c1-2-8-21(9-3-1)18-27-16-17-29-24(19-27)20-28-25-12-6-4-10-22(25)14-15-23-11-5-7-13-26(23)28/h1-13,24H,14-20H2. The number of ether oxygens (including phenoxy) is 1. The molecule has 0 aliphatic carbocycles. The van der Waals surface area contributed by atoms with Gasteiger partial charge in [0.2, 0.25) is 0 Å². The second kappa shape index (κ2) is 8.40. The minimum Gasteiger partial charge on any atom is -0.374 e. The van der Waals surface area contributed by atoms with Crippen molar-refractivity contribution in [3.63, 3.8) is 0 Å². The Bertz CT molecular complexity index is 908. The highest BCUT2D eigenvalue weighted by Crippen LogP contribution is 2.36. The molecule has 1 unspecified atom stereocenters. The molecule has 0 radical (unpaired) electrons. The summed E-state index contributed by atoms with van der Waals surface area (Å²) in [5.74, 6) is 0. The fourth-order valence-electron chi connectivity index (χ4n) is 4.65. The Morgan fingerprint density at radius 2 is 1.38 bits per heavy atom. The highest BCUT2D eigenvalue weighted by atomic mass is 16.5. The molecule has 2 heterocycles. The SMILES string of the molecule is c1ccc(CN2CCOC(CN3c4ccccc4CCc4ccccc43)C2)cc1. The van der Waals surface area contributed by atoms with E-state index in [4.69, 9.17) is 4.74 Å². The van der Waals surface area contributed by atoms with E-state index in [2.05, 4.69) is 88.7 Å². The molecule has 2 aliphatic rings. The van der Waals surface area contributed by atoms with Gasteiger partial charge in [-0.3, -0.25) is 4.90 Å². The molecule has 3 nitrogen and oxygen atoms in total. The van der Waals surface area contributed by atoms with Crippen molar-refractivity contribution in [2.24, 2.45) is 0 Å². The summed E-state index contributed by atoms with van der Waals surface area (Å²) < 4.78 is 6.24. The number of aryl methyl sites for hydroxylation is 2. The maximum atomic E-state index is 6.24. The Hall–Kier alpha value is -2.62. The Balaban J connectivity index is 1.38. The van der Waals surface area contributed by atoms with E-state index in [1.54, 1.807) is 0 Å². The lowest BCUT2D eigenvalue weighted by molar-refractivity contribution is -0.0259. The number of hydrogen-bond acceptors (Lipinski definition) is 3. The first-order valence-electron chi connectivity index (χ1n) is 10.7. The molecule has 1 atom stereocenters. The molecule has 0 aromatic heterocycles. The van der Waals surface area contributed by atoms with Gasteiger partial charge in [-0.25, -0.2) is 0 Å². The summed E-state index contributed by atoms with van der Waals surface area (Å²) in [4.78, 5) is 5.02. The van der Waals surface area contributed by atoms with Crippen molar-refractivity contribution in [1.82, 2.24) is 4.90 Å². The fourth-order valence-corrected chi connectivity index (χ4v) is 4.65. The zero-order valence-electron chi connectivity index (χ0n) is 16.8. The predicted molar refractivity (Wildman–Crippen MR) is 119 cm³/mol. The van der Waals surface area contributed by atoms with Gasteiger partial charge >= 0.3 is 0 Å². The van der Waals surface area contributed by atoms with Crippen LogP contribution in [0.5, 0.6) is 0 Å². The van der Waals surface area contributed by atoms with Crippen LogP contribution in [0.15, 0.2) is 78.9 Å². The Morgan fingerprint density at radius 1 is 0.759 bits per heavy atom. The van der Waals surface area contributed by atoms with Gasteiger partial charge in [0.05, 0.1) is 19.3 Å². The van der Waals surface area contributed by atoms with Gasteiger partial charge in [0.1, 0.15) is 0 Å². The van der Waals surface area contributed by atoms with Crippen LogP contribution < -0.4 is 4.90 Å². The topological polar surface area (TPSA) is 15.7 Å². The van der Waals surface area contributed by atoms with Gasteiger partial charge in [0.15, 0.2) is 0 Å². The van der Waals surface area contributed by atoms with Crippen LogP contribution in [-0.2, 0) is 24.1 Å². The van der Waals surface area contributed by atoms with E-state index >= 15 is 0 Å². The molecule has 0 spiro atoms. The number of benzene rings is 3. The molecule has 0 saturated carbocycles. The van der Waals surface area contributed by atoms with Crippen molar-refractivity contribution in [2.75, 3.05) is 31.1 Å². The van der Waals surface area contributed by atoms with Crippen LogP contribution in [0.1, 0.15) is 16.7 Å². The maximum absolute atomic E-state index is 6.24. The van der Waals surface area contributed by atoms with E-state index in [-0.39, 0.29) is 6.10 Å². The minimum absolute atomic E-state index is 0.201. The summed E-state index contributed by atoms with van der Waals surface area (Å²) >= 11 is 0. The van der Waals surface area contributed by atoms with Crippen LogP contribution in [0.4, 0.5) is 11.4 Å². The molecule has 3 aromatic rings. The monoisotopic (exact) mass is 384 g/mol. The molecule has 3 aromatic carbocycles. The highest BCUT2D eigenvalue weighted by Gasteiger charge is 2.27. The molecule has 2 aliphatic heterocycles. The lowest BCUT2D eigenvalue weighted by Crippen LogP contribution is -2.46. The number of anilines is 2. The Kier molecular flexibility index (Phi) is 5.33. The second-order valence-corrected chi connectivity index (χ2v) is 8.08. The van der Waals surface area contributed by atoms with Gasteiger partial charge in [0.25, 0.3) is 0 Å². The highest BCUT2D eigenvalue weighted by molar-refractivity contribution is 5.71. The van der Waals surface area contributed by atoms with E-state index in [9.17, 15) is 0 Å². The summed E-state index contributed by atoms with van der Waals surface area (Å²) in [5, 5.41) is 0. The smallest absolute Gasteiger partial charge is 0.0881 e. The summed E-state index contributed by atoms with van der Waals surface area (Å²) in [6.45, 7) is 4.65. The minimum atomic E-state index is 0.201. The number of hydrogen-bond donors (Lipinski definition) is 0. The Labute approximate surface area is 173 Å². The van der Waals surface area contributed by atoms with Gasteiger partial charge in [0, 0.05) is 31.0 Å². The average molecular weight is 385 g/mol. The number of morpholine rings is 1. The van der Waals surface area contributed by atoms with Crippen molar-refractivity contribution in [3.05, 3.63) is 95.6 Å². The lowest BCUT2D eigenvalue weighted by atomic mass is 10.0. The van der Waals surface area contributed by atoms with Gasteiger partial charge in [-0.15, -0.1) is 0 Å². The third-order valence-electron chi connectivity index (χ3n) is 6.09. The first kappa shape index (κ1) is 18.4. The van der Waals surface area contributed by atoms with Crippen molar-refractivity contribution in [1.29, 1.82) is 0 Å². The molecule has 1 saturated heterocycles. The van der Waals surface area contributed by atoms with Crippen LogP contribution in [0.25, 0.3) is 0 Å². The number of nitrogens with zero attached hydrogens (tertiary/aromatic N) is 2. The quantitative estimate of drug-likeness (QED) is 0.641. The summed E-state index contributed by atoms with van der Waals surface area (Å²) in [6, 6.07) is 28.5. The first-order chi connectivity index (χ1) is 14.4. The van der Waals surface area contributed by atoms with Gasteiger partial charge in [-0.05, 0) is 41.7 Å². The number of para-hydroxylation sites is 2. The van der Waals surface area contributed by atoms with Crippen molar-refractivity contribution in [3.8, 4) is 0 Å². The second-order valence-electron chi connectivity index (χ2n) is 8.08. The fraction of sp³-hybridized carbons (Fsp3) is 0.308.